The first kappa shape index (κ1) is 15.8. The third-order valence-corrected chi connectivity index (χ3v) is 5.24. The molecule has 0 spiro atoms. The number of rotatable bonds is 1. The second-order valence-electron chi connectivity index (χ2n) is 9.01. The Labute approximate surface area is 135 Å². The molecule has 3 aliphatic rings. The fraction of sp³-hybridized carbons (Fsp3) is 0.737. The highest BCUT2D eigenvalue weighted by Crippen LogP contribution is 2.36. The standard InChI is InChI=1S/C19H31N3/c1-18(2,3)17-10-9-14(11-20-17)21-12-16-8-7-15(21)13-22(16)19(4,5)6/h9-11,15-16H,7-8,12-13H2,1-6H3. The summed E-state index contributed by atoms with van der Waals surface area (Å²) >= 11 is 0. The summed E-state index contributed by atoms with van der Waals surface area (Å²) in [5.74, 6) is 0. The Morgan fingerprint density at radius 2 is 1.64 bits per heavy atom. The van der Waals surface area contributed by atoms with E-state index in [0.717, 1.165) is 6.54 Å². The van der Waals surface area contributed by atoms with Crippen molar-refractivity contribution in [1.29, 1.82) is 0 Å². The Morgan fingerprint density at radius 3 is 2.09 bits per heavy atom. The van der Waals surface area contributed by atoms with Crippen LogP contribution in [0.25, 0.3) is 0 Å². The number of nitrogens with zero attached hydrogens (tertiary/aromatic N) is 3. The van der Waals surface area contributed by atoms with Crippen molar-refractivity contribution in [2.24, 2.45) is 0 Å². The molecule has 0 aliphatic carbocycles. The van der Waals surface area contributed by atoms with Crippen LogP contribution >= 0.6 is 0 Å². The van der Waals surface area contributed by atoms with Crippen LogP contribution in [0.15, 0.2) is 18.3 Å². The number of aromatic nitrogens is 1. The number of piperidine rings is 2. The smallest absolute Gasteiger partial charge is 0.0556 e. The SMILES string of the molecule is CC(C)(C)c1ccc(N2CC3CCC2CN3C(C)(C)C)cn1. The monoisotopic (exact) mass is 301 g/mol. The number of hydrogen-bond acceptors (Lipinski definition) is 3. The number of hydrogen-bond donors (Lipinski definition) is 0. The molecule has 1 aromatic heterocycles. The minimum atomic E-state index is 0.127. The largest absolute Gasteiger partial charge is 0.364 e. The summed E-state index contributed by atoms with van der Waals surface area (Å²) in [5.41, 5.74) is 2.89. The van der Waals surface area contributed by atoms with Crippen LogP contribution < -0.4 is 4.90 Å². The van der Waals surface area contributed by atoms with Gasteiger partial charge in [-0.05, 0) is 45.7 Å². The zero-order valence-electron chi connectivity index (χ0n) is 15.1. The van der Waals surface area contributed by atoms with E-state index in [1.807, 2.05) is 0 Å². The van der Waals surface area contributed by atoms with Gasteiger partial charge in [0.2, 0.25) is 0 Å². The van der Waals surface area contributed by atoms with E-state index in [1.165, 1.54) is 30.8 Å². The van der Waals surface area contributed by atoms with E-state index in [9.17, 15) is 0 Å². The average molecular weight is 301 g/mol. The summed E-state index contributed by atoms with van der Waals surface area (Å²) in [6.45, 7) is 16.0. The number of anilines is 1. The Bertz CT molecular complexity index is 521. The molecule has 0 radical (unpaired) electrons. The van der Waals surface area contributed by atoms with Crippen molar-refractivity contribution in [3.05, 3.63) is 24.0 Å². The third-order valence-electron chi connectivity index (χ3n) is 5.24. The lowest BCUT2D eigenvalue weighted by molar-refractivity contribution is 0.0182. The molecule has 3 fully saturated rings. The zero-order valence-corrected chi connectivity index (χ0v) is 15.1. The first-order valence-corrected chi connectivity index (χ1v) is 8.66. The van der Waals surface area contributed by atoms with Crippen LogP contribution in [0.5, 0.6) is 0 Å². The van der Waals surface area contributed by atoms with Gasteiger partial charge in [-0.3, -0.25) is 9.88 Å². The van der Waals surface area contributed by atoms with Gasteiger partial charge in [0.1, 0.15) is 0 Å². The molecular formula is C19H31N3. The molecule has 3 saturated heterocycles. The summed E-state index contributed by atoms with van der Waals surface area (Å²) in [6.07, 6.45) is 4.74. The molecule has 1 aromatic rings. The van der Waals surface area contributed by atoms with Crippen molar-refractivity contribution in [1.82, 2.24) is 9.88 Å². The molecule has 4 rings (SSSR count). The second kappa shape index (κ2) is 5.23. The van der Waals surface area contributed by atoms with Crippen LogP contribution in [0.2, 0.25) is 0 Å². The van der Waals surface area contributed by atoms with Gasteiger partial charge in [0.05, 0.1) is 11.9 Å². The topological polar surface area (TPSA) is 19.4 Å². The molecule has 4 heterocycles. The minimum absolute atomic E-state index is 0.127. The normalized spacial score (nSPS) is 26.5. The number of pyridine rings is 1. The predicted molar refractivity (Wildman–Crippen MR) is 93.6 cm³/mol. The van der Waals surface area contributed by atoms with Gasteiger partial charge in [-0.15, -0.1) is 0 Å². The van der Waals surface area contributed by atoms with Crippen molar-refractivity contribution in [2.45, 2.75) is 77.4 Å². The van der Waals surface area contributed by atoms with Gasteiger partial charge < -0.3 is 4.90 Å². The molecule has 2 atom stereocenters. The lowest BCUT2D eigenvalue weighted by Crippen LogP contribution is -2.66. The molecule has 2 unspecified atom stereocenters. The maximum atomic E-state index is 4.72. The summed E-state index contributed by atoms with van der Waals surface area (Å²) in [6, 6.07) is 5.81. The second-order valence-corrected chi connectivity index (χ2v) is 9.01. The van der Waals surface area contributed by atoms with E-state index in [1.54, 1.807) is 0 Å². The van der Waals surface area contributed by atoms with Crippen molar-refractivity contribution < 1.29 is 0 Å². The van der Waals surface area contributed by atoms with E-state index < -0.39 is 0 Å². The van der Waals surface area contributed by atoms with E-state index in [4.69, 9.17) is 4.98 Å². The van der Waals surface area contributed by atoms with Gasteiger partial charge >= 0.3 is 0 Å². The summed E-state index contributed by atoms with van der Waals surface area (Å²) in [5, 5.41) is 0. The summed E-state index contributed by atoms with van der Waals surface area (Å²) in [4.78, 5) is 10.0. The average Bonchev–Trinajstić information content (AvgIpc) is 2.46. The van der Waals surface area contributed by atoms with E-state index in [-0.39, 0.29) is 11.0 Å². The molecule has 3 nitrogen and oxygen atoms in total. The van der Waals surface area contributed by atoms with Crippen LogP contribution in [0, 0.1) is 0 Å². The van der Waals surface area contributed by atoms with Crippen molar-refractivity contribution >= 4 is 5.69 Å². The van der Waals surface area contributed by atoms with Crippen LogP contribution in [0.4, 0.5) is 5.69 Å². The molecule has 3 aliphatic heterocycles. The predicted octanol–water partition coefficient (Wildman–Crippen LogP) is 3.83. The highest BCUT2D eigenvalue weighted by Gasteiger charge is 2.42. The Balaban J connectivity index is 1.78. The van der Waals surface area contributed by atoms with Gasteiger partial charge in [-0.1, -0.05) is 20.8 Å². The summed E-state index contributed by atoms with van der Waals surface area (Å²) in [7, 11) is 0. The Kier molecular flexibility index (Phi) is 3.75. The van der Waals surface area contributed by atoms with Crippen LogP contribution in [0.3, 0.4) is 0 Å². The van der Waals surface area contributed by atoms with Crippen LogP contribution in [-0.4, -0.2) is 40.6 Å². The first-order chi connectivity index (χ1) is 10.2. The van der Waals surface area contributed by atoms with E-state index in [0.29, 0.717) is 12.1 Å². The zero-order chi connectivity index (χ0) is 16.1. The van der Waals surface area contributed by atoms with Gasteiger partial charge in [0.15, 0.2) is 0 Å². The van der Waals surface area contributed by atoms with Crippen molar-refractivity contribution in [2.75, 3.05) is 18.0 Å². The highest BCUT2D eigenvalue weighted by atomic mass is 15.3. The summed E-state index contributed by atoms with van der Waals surface area (Å²) < 4.78 is 0. The van der Waals surface area contributed by atoms with Gasteiger partial charge in [0.25, 0.3) is 0 Å². The van der Waals surface area contributed by atoms with Gasteiger partial charge in [0, 0.05) is 41.8 Å². The van der Waals surface area contributed by atoms with Crippen molar-refractivity contribution in [3.8, 4) is 0 Å². The van der Waals surface area contributed by atoms with Crippen molar-refractivity contribution in [3.63, 3.8) is 0 Å². The fourth-order valence-corrected chi connectivity index (χ4v) is 3.97. The number of piperazine rings is 1. The first-order valence-electron chi connectivity index (χ1n) is 8.66. The lowest BCUT2D eigenvalue weighted by atomic mass is 9.86. The minimum Gasteiger partial charge on any atom is -0.364 e. The lowest BCUT2D eigenvalue weighted by Gasteiger charge is -2.56. The highest BCUT2D eigenvalue weighted by molar-refractivity contribution is 5.48. The van der Waals surface area contributed by atoms with Gasteiger partial charge in [-0.2, -0.15) is 0 Å². The van der Waals surface area contributed by atoms with Crippen LogP contribution in [-0.2, 0) is 5.41 Å². The quantitative estimate of drug-likeness (QED) is 0.786. The van der Waals surface area contributed by atoms with E-state index in [2.05, 4.69) is 69.7 Å². The Morgan fingerprint density at radius 1 is 0.955 bits per heavy atom. The van der Waals surface area contributed by atoms with Crippen LogP contribution in [0.1, 0.15) is 60.1 Å². The molecule has 3 heteroatoms. The third kappa shape index (κ3) is 2.88. The van der Waals surface area contributed by atoms with Gasteiger partial charge in [-0.25, -0.2) is 0 Å². The van der Waals surface area contributed by atoms with E-state index >= 15 is 0 Å². The maximum Gasteiger partial charge on any atom is 0.0556 e. The molecule has 2 bridgehead atoms. The molecule has 0 saturated carbocycles. The molecule has 0 N–H and O–H groups in total. The maximum absolute atomic E-state index is 4.72. The molecule has 0 amide bonds. The Hall–Kier alpha value is -1.09. The molecular weight excluding hydrogens is 270 g/mol. The fourth-order valence-electron chi connectivity index (χ4n) is 3.97. The molecule has 122 valence electrons. The molecule has 0 aromatic carbocycles. The number of fused-ring (bicyclic) bond motifs is 3. The molecule has 22 heavy (non-hydrogen) atoms.